The lowest BCUT2D eigenvalue weighted by atomic mass is 9.93. The normalized spacial score (nSPS) is 11.2. The van der Waals surface area contributed by atoms with Crippen molar-refractivity contribution in [3.05, 3.63) is 176 Å². The van der Waals surface area contributed by atoms with Gasteiger partial charge >= 0.3 is 0 Å². The van der Waals surface area contributed by atoms with Crippen LogP contribution in [0.15, 0.2) is 176 Å². The van der Waals surface area contributed by atoms with E-state index in [4.69, 9.17) is 0 Å². The molecule has 0 saturated heterocycles. The van der Waals surface area contributed by atoms with Crippen molar-refractivity contribution >= 4 is 33.2 Å². The molecule has 1 heterocycles. The zero-order valence-electron chi connectivity index (χ0n) is 24.2. The van der Waals surface area contributed by atoms with Crippen LogP contribution in [0.2, 0.25) is 0 Å². The molecular weight excluding hydrogens is 532 g/mol. The highest BCUT2D eigenvalue weighted by atomic mass is 15.0. The van der Waals surface area contributed by atoms with Gasteiger partial charge in [-0.25, -0.2) is 0 Å². The van der Waals surface area contributed by atoms with Crippen LogP contribution in [0.25, 0.3) is 60.9 Å². The predicted octanol–water partition coefficient (Wildman–Crippen LogP) is 11.5. The molecule has 0 fully saturated rings. The van der Waals surface area contributed by atoms with E-state index in [0.29, 0.717) is 0 Å². The minimum absolute atomic E-state index is 1.05. The summed E-state index contributed by atoms with van der Waals surface area (Å²) in [7, 11) is 0. The molecule has 0 amide bonds. The van der Waals surface area contributed by atoms with Gasteiger partial charge in [0.1, 0.15) is 0 Å². The molecule has 2 heteroatoms. The molecule has 2 nitrogen and oxygen atoms in total. The summed E-state index contributed by atoms with van der Waals surface area (Å²) in [6.45, 7) is 0. The van der Waals surface area contributed by atoms with Gasteiger partial charge in [0.25, 0.3) is 0 Å². The maximum atomic E-state index is 3.66. The molecule has 8 rings (SSSR count). The van der Waals surface area contributed by atoms with Crippen LogP contribution in [0.5, 0.6) is 0 Å². The van der Waals surface area contributed by atoms with E-state index in [0.717, 1.165) is 17.1 Å². The second kappa shape index (κ2) is 11.1. The van der Waals surface area contributed by atoms with Crippen LogP contribution in [0.4, 0.5) is 11.4 Å². The zero-order chi connectivity index (χ0) is 29.3. The molecule has 0 bridgehead atoms. The summed E-state index contributed by atoms with van der Waals surface area (Å²) < 4.78 is 2.35. The SMILES string of the molecule is c1ccc(-c2cc(-c3ccccc3)cc(-c3ccc(Nc4ccc5c6ccccc6n(-c6ccccc6)c5c4)cc3)c2)cc1. The van der Waals surface area contributed by atoms with E-state index in [9.17, 15) is 0 Å². The molecule has 1 aromatic heterocycles. The number of rotatable bonds is 6. The molecule has 208 valence electrons. The van der Waals surface area contributed by atoms with Gasteiger partial charge in [-0.3, -0.25) is 0 Å². The summed E-state index contributed by atoms with van der Waals surface area (Å²) in [6, 6.07) is 62.7. The van der Waals surface area contributed by atoms with Gasteiger partial charge in [-0.05, 0) is 94.0 Å². The van der Waals surface area contributed by atoms with Crippen LogP contribution in [-0.2, 0) is 0 Å². The van der Waals surface area contributed by atoms with Crippen molar-refractivity contribution in [1.29, 1.82) is 0 Å². The van der Waals surface area contributed by atoms with Gasteiger partial charge in [0, 0.05) is 27.8 Å². The van der Waals surface area contributed by atoms with Crippen molar-refractivity contribution in [3.63, 3.8) is 0 Å². The molecule has 0 spiro atoms. The van der Waals surface area contributed by atoms with Gasteiger partial charge < -0.3 is 9.88 Å². The van der Waals surface area contributed by atoms with E-state index < -0.39 is 0 Å². The van der Waals surface area contributed by atoms with Crippen LogP contribution < -0.4 is 5.32 Å². The molecule has 0 radical (unpaired) electrons. The third-order valence-corrected chi connectivity index (χ3v) is 8.34. The van der Waals surface area contributed by atoms with Crippen LogP contribution in [0.3, 0.4) is 0 Å². The fraction of sp³-hybridized carbons (Fsp3) is 0. The Bertz CT molecular complexity index is 2160. The molecule has 44 heavy (non-hydrogen) atoms. The number of nitrogens with zero attached hydrogens (tertiary/aromatic N) is 1. The standard InChI is InChI=1S/C42H30N2/c1-4-12-30(13-5-1)33-26-34(31-14-6-2-7-15-31)28-35(27-33)32-20-22-36(23-21-32)43-37-24-25-40-39-18-10-11-19-41(39)44(42(40)29-37)38-16-8-3-9-17-38/h1-29,43H. The molecular formula is C42H30N2. The van der Waals surface area contributed by atoms with Gasteiger partial charge in [0.05, 0.1) is 11.0 Å². The van der Waals surface area contributed by atoms with Gasteiger partial charge in [0.2, 0.25) is 0 Å². The van der Waals surface area contributed by atoms with Crippen LogP contribution >= 0.6 is 0 Å². The fourth-order valence-corrected chi connectivity index (χ4v) is 6.21. The smallest absolute Gasteiger partial charge is 0.0561 e. The van der Waals surface area contributed by atoms with Gasteiger partial charge in [0.15, 0.2) is 0 Å². The summed E-state index contributed by atoms with van der Waals surface area (Å²) >= 11 is 0. The maximum Gasteiger partial charge on any atom is 0.0561 e. The van der Waals surface area contributed by atoms with Crippen LogP contribution in [0.1, 0.15) is 0 Å². The lowest BCUT2D eigenvalue weighted by Crippen LogP contribution is -1.95. The fourth-order valence-electron chi connectivity index (χ4n) is 6.21. The lowest BCUT2D eigenvalue weighted by Gasteiger charge is -2.13. The van der Waals surface area contributed by atoms with E-state index in [1.807, 2.05) is 0 Å². The Labute approximate surface area is 257 Å². The van der Waals surface area contributed by atoms with Crippen molar-refractivity contribution in [2.75, 3.05) is 5.32 Å². The van der Waals surface area contributed by atoms with E-state index in [2.05, 4.69) is 186 Å². The third kappa shape index (κ3) is 4.83. The Hall–Kier alpha value is -5.86. The molecule has 7 aromatic carbocycles. The molecule has 0 aliphatic heterocycles. The summed E-state index contributed by atoms with van der Waals surface area (Å²) in [5.41, 5.74) is 12.9. The number of aromatic nitrogens is 1. The molecule has 0 aliphatic carbocycles. The summed E-state index contributed by atoms with van der Waals surface area (Å²) in [5.74, 6) is 0. The molecule has 1 N–H and O–H groups in total. The van der Waals surface area contributed by atoms with Crippen molar-refractivity contribution in [3.8, 4) is 39.1 Å². The maximum absolute atomic E-state index is 3.66. The van der Waals surface area contributed by atoms with E-state index >= 15 is 0 Å². The topological polar surface area (TPSA) is 17.0 Å². The number of nitrogens with one attached hydrogen (secondary N) is 1. The van der Waals surface area contributed by atoms with E-state index in [1.165, 1.54) is 55.2 Å². The zero-order valence-corrected chi connectivity index (χ0v) is 24.2. The number of fused-ring (bicyclic) bond motifs is 3. The molecule has 0 saturated carbocycles. The van der Waals surface area contributed by atoms with E-state index in [1.54, 1.807) is 0 Å². The highest BCUT2D eigenvalue weighted by molar-refractivity contribution is 6.10. The number of hydrogen-bond donors (Lipinski definition) is 1. The van der Waals surface area contributed by atoms with E-state index in [-0.39, 0.29) is 0 Å². The largest absolute Gasteiger partial charge is 0.355 e. The van der Waals surface area contributed by atoms with Gasteiger partial charge in [-0.2, -0.15) is 0 Å². The molecule has 0 atom stereocenters. The summed E-state index contributed by atoms with van der Waals surface area (Å²) in [6.07, 6.45) is 0. The number of para-hydroxylation sites is 2. The van der Waals surface area contributed by atoms with Crippen molar-refractivity contribution in [2.45, 2.75) is 0 Å². The first-order valence-electron chi connectivity index (χ1n) is 15.0. The monoisotopic (exact) mass is 562 g/mol. The number of anilines is 2. The first-order chi connectivity index (χ1) is 21.8. The highest BCUT2D eigenvalue weighted by Gasteiger charge is 2.13. The highest BCUT2D eigenvalue weighted by Crippen LogP contribution is 2.36. The van der Waals surface area contributed by atoms with Crippen LogP contribution in [0, 0.1) is 0 Å². The first-order valence-corrected chi connectivity index (χ1v) is 15.0. The minimum Gasteiger partial charge on any atom is -0.355 e. The Morgan fingerprint density at radius 2 is 0.795 bits per heavy atom. The Balaban J connectivity index is 1.15. The minimum atomic E-state index is 1.05. The number of benzene rings is 7. The average Bonchev–Trinajstić information content (AvgIpc) is 3.43. The van der Waals surface area contributed by atoms with Crippen molar-refractivity contribution in [2.24, 2.45) is 0 Å². The van der Waals surface area contributed by atoms with Crippen molar-refractivity contribution < 1.29 is 0 Å². The lowest BCUT2D eigenvalue weighted by molar-refractivity contribution is 1.18. The second-order valence-corrected chi connectivity index (χ2v) is 11.2. The third-order valence-electron chi connectivity index (χ3n) is 8.34. The first kappa shape index (κ1) is 25.8. The van der Waals surface area contributed by atoms with Gasteiger partial charge in [-0.15, -0.1) is 0 Å². The average molecular weight is 563 g/mol. The summed E-state index contributed by atoms with van der Waals surface area (Å²) in [4.78, 5) is 0. The van der Waals surface area contributed by atoms with Gasteiger partial charge in [-0.1, -0.05) is 115 Å². The number of hydrogen-bond acceptors (Lipinski definition) is 1. The summed E-state index contributed by atoms with van der Waals surface area (Å²) in [5, 5.41) is 6.17. The Morgan fingerprint density at radius 1 is 0.318 bits per heavy atom. The molecule has 0 aliphatic rings. The molecule has 8 aromatic rings. The van der Waals surface area contributed by atoms with Crippen molar-refractivity contribution in [1.82, 2.24) is 4.57 Å². The molecule has 0 unspecified atom stereocenters. The second-order valence-electron chi connectivity index (χ2n) is 11.2. The predicted molar refractivity (Wildman–Crippen MR) is 187 cm³/mol. The Kier molecular flexibility index (Phi) is 6.51. The quantitative estimate of drug-likeness (QED) is 0.213. The van der Waals surface area contributed by atoms with Crippen LogP contribution in [-0.4, -0.2) is 4.57 Å². The Morgan fingerprint density at radius 3 is 1.41 bits per heavy atom.